The number of hydrogen-bond acceptors (Lipinski definition) is 1. The second kappa shape index (κ2) is 7.17. The first-order valence-electron chi connectivity index (χ1n) is 6.42. The second-order valence-electron chi connectivity index (χ2n) is 4.69. The normalized spacial score (nSPS) is 12.0. The molecule has 0 aromatic heterocycles. The summed E-state index contributed by atoms with van der Waals surface area (Å²) in [5, 5.41) is 4.01. The zero-order valence-electron chi connectivity index (χ0n) is 11.4. The Kier molecular flexibility index (Phi) is 5.51. The van der Waals surface area contributed by atoms with Crippen LogP contribution in [0.2, 0.25) is 10.0 Å². The third-order valence-electron chi connectivity index (χ3n) is 3.12. The van der Waals surface area contributed by atoms with E-state index >= 15 is 0 Å². The maximum Gasteiger partial charge on any atom is 0.251 e. The van der Waals surface area contributed by atoms with E-state index in [4.69, 9.17) is 34.8 Å². The Hall–Kier alpha value is -1.22. The number of carbonyl (C=O) groups excluding carboxylic acids is 1. The van der Waals surface area contributed by atoms with Crippen LogP contribution in [0, 0.1) is 0 Å². The number of benzene rings is 2. The monoisotopic (exact) mass is 341 g/mol. The van der Waals surface area contributed by atoms with E-state index in [9.17, 15) is 4.79 Å². The molecule has 1 atom stereocenters. The van der Waals surface area contributed by atoms with Gasteiger partial charge in [0.1, 0.15) is 0 Å². The lowest BCUT2D eigenvalue weighted by atomic mass is 10.1. The van der Waals surface area contributed by atoms with Crippen LogP contribution in [-0.2, 0) is 5.88 Å². The van der Waals surface area contributed by atoms with Crippen LogP contribution >= 0.6 is 34.8 Å². The molecular weight excluding hydrogens is 329 g/mol. The van der Waals surface area contributed by atoms with Crippen LogP contribution in [0.5, 0.6) is 0 Å². The van der Waals surface area contributed by atoms with E-state index < -0.39 is 0 Å². The summed E-state index contributed by atoms with van der Waals surface area (Å²) in [5.41, 5.74) is 2.30. The number of carbonyl (C=O) groups is 1. The molecule has 0 bridgehead atoms. The Balaban J connectivity index is 2.14. The third kappa shape index (κ3) is 4.13. The lowest BCUT2D eigenvalue weighted by Crippen LogP contribution is -2.26. The molecular formula is C16H14Cl3NO. The summed E-state index contributed by atoms with van der Waals surface area (Å²) in [6, 6.07) is 12.2. The average Bonchev–Trinajstić information content (AvgIpc) is 2.47. The average molecular weight is 343 g/mol. The van der Waals surface area contributed by atoms with Gasteiger partial charge in [-0.15, -0.1) is 11.6 Å². The van der Waals surface area contributed by atoms with E-state index in [1.54, 1.807) is 24.3 Å². The fourth-order valence-electron chi connectivity index (χ4n) is 2.01. The van der Waals surface area contributed by atoms with Crippen molar-refractivity contribution in [1.29, 1.82) is 0 Å². The predicted octanol–water partition coefficient (Wildman–Crippen LogP) is 5.22. The van der Waals surface area contributed by atoms with Crippen LogP contribution in [-0.4, -0.2) is 5.91 Å². The highest BCUT2D eigenvalue weighted by molar-refractivity contribution is 6.35. The van der Waals surface area contributed by atoms with Gasteiger partial charge in [0.25, 0.3) is 5.91 Å². The molecule has 1 N–H and O–H groups in total. The zero-order chi connectivity index (χ0) is 15.4. The van der Waals surface area contributed by atoms with Gasteiger partial charge in [0, 0.05) is 21.5 Å². The molecule has 0 fully saturated rings. The van der Waals surface area contributed by atoms with Gasteiger partial charge in [-0.2, -0.15) is 0 Å². The quantitative estimate of drug-likeness (QED) is 0.758. The van der Waals surface area contributed by atoms with Gasteiger partial charge in [-0.05, 0) is 42.3 Å². The molecule has 0 heterocycles. The summed E-state index contributed by atoms with van der Waals surface area (Å²) < 4.78 is 0. The standard InChI is InChI=1S/C16H14Cl3NO/c1-10(14-6-5-13(18)8-15(14)19)20-16(21)12-4-2-3-11(7-12)9-17/h2-8,10H,9H2,1H3,(H,20,21). The fraction of sp³-hybridized carbons (Fsp3) is 0.188. The van der Waals surface area contributed by atoms with Crippen molar-refractivity contribution in [2.24, 2.45) is 0 Å². The smallest absolute Gasteiger partial charge is 0.251 e. The van der Waals surface area contributed by atoms with Crippen LogP contribution in [0.15, 0.2) is 42.5 Å². The zero-order valence-corrected chi connectivity index (χ0v) is 13.6. The Morgan fingerprint density at radius 3 is 2.62 bits per heavy atom. The first kappa shape index (κ1) is 16.2. The summed E-state index contributed by atoms with van der Waals surface area (Å²) in [5.74, 6) is 0.208. The number of rotatable bonds is 4. The van der Waals surface area contributed by atoms with Gasteiger partial charge >= 0.3 is 0 Å². The topological polar surface area (TPSA) is 29.1 Å². The van der Waals surface area contributed by atoms with Crippen molar-refractivity contribution in [3.05, 3.63) is 69.2 Å². The van der Waals surface area contributed by atoms with Crippen LogP contribution in [0.4, 0.5) is 0 Å². The van der Waals surface area contributed by atoms with Gasteiger partial charge in [-0.3, -0.25) is 4.79 Å². The molecule has 110 valence electrons. The first-order valence-corrected chi connectivity index (χ1v) is 7.71. The van der Waals surface area contributed by atoms with Crippen molar-refractivity contribution in [2.75, 3.05) is 0 Å². The van der Waals surface area contributed by atoms with E-state index in [-0.39, 0.29) is 11.9 Å². The molecule has 0 radical (unpaired) electrons. The Morgan fingerprint density at radius 1 is 1.19 bits per heavy atom. The minimum atomic E-state index is -0.220. The molecule has 2 aromatic carbocycles. The maximum absolute atomic E-state index is 12.3. The Morgan fingerprint density at radius 2 is 1.95 bits per heavy atom. The molecule has 1 unspecified atom stereocenters. The van der Waals surface area contributed by atoms with Crippen molar-refractivity contribution >= 4 is 40.7 Å². The van der Waals surface area contributed by atoms with Gasteiger partial charge < -0.3 is 5.32 Å². The van der Waals surface area contributed by atoms with E-state index in [1.807, 2.05) is 25.1 Å². The van der Waals surface area contributed by atoms with Crippen molar-refractivity contribution in [2.45, 2.75) is 18.8 Å². The molecule has 0 spiro atoms. The third-order valence-corrected chi connectivity index (χ3v) is 3.99. The van der Waals surface area contributed by atoms with Gasteiger partial charge in [-0.25, -0.2) is 0 Å². The number of nitrogens with one attached hydrogen (secondary N) is 1. The highest BCUT2D eigenvalue weighted by Crippen LogP contribution is 2.26. The molecule has 1 amide bonds. The number of alkyl halides is 1. The summed E-state index contributed by atoms with van der Waals surface area (Å²) in [7, 11) is 0. The molecule has 21 heavy (non-hydrogen) atoms. The molecule has 0 saturated carbocycles. The molecule has 0 aliphatic heterocycles. The summed E-state index contributed by atoms with van der Waals surface area (Å²) in [4.78, 5) is 12.3. The minimum Gasteiger partial charge on any atom is -0.345 e. The SMILES string of the molecule is CC(NC(=O)c1cccc(CCl)c1)c1ccc(Cl)cc1Cl. The van der Waals surface area contributed by atoms with E-state index in [0.717, 1.165) is 11.1 Å². The van der Waals surface area contributed by atoms with Gasteiger partial charge in [0.2, 0.25) is 0 Å². The van der Waals surface area contributed by atoms with Crippen LogP contribution in [0.25, 0.3) is 0 Å². The van der Waals surface area contributed by atoms with Crippen LogP contribution in [0.1, 0.15) is 34.5 Å². The molecule has 0 aliphatic carbocycles. The van der Waals surface area contributed by atoms with Crippen molar-refractivity contribution in [3.63, 3.8) is 0 Å². The summed E-state index contributed by atoms with van der Waals surface area (Å²) in [6.07, 6.45) is 0. The summed E-state index contributed by atoms with van der Waals surface area (Å²) >= 11 is 17.8. The fourth-order valence-corrected chi connectivity index (χ4v) is 2.74. The maximum atomic E-state index is 12.3. The Bertz CT molecular complexity index is 658. The lowest BCUT2D eigenvalue weighted by molar-refractivity contribution is 0.0940. The van der Waals surface area contributed by atoms with E-state index in [2.05, 4.69) is 5.32 Å². The molecule has 5 heteroatoms. The van der Waals surface area contributed by atoms with Crippen molar-refractivity contribution in [3.8, 4) is 0 Å². The molecule has 2 nitrogen and oxygen atoms in total. The lowest BCUT2D eigenvalue weighted by Gasteiger charge is -2.16. The van der Waals surface area contributed by atoms with Gasteiger partial charge in [0.05, 0.1) is 6.04 Å². The molecule has 2 aromatic rings. The minimum absolute atomic E-state index is 0.166. The van der Waals surface area contributed by atoms with Crippen molar-refractivity contribution < 1.29 is 4.79 Å². The van der Waals surface area contributed by atoms with Crippen LogP contribution < -0.4 is 5.32 Å². The van der Waals surface area contributed by atoms with Gasteiger partial charge in [0.15, 0.2) is 0 Å². The highest BCUT2D eigenvalue weighted by Gasteiger charge is 2.14. The van der Waals surface area contributed by atoms with Crippen molar-refractivity contribution in [1.82, 2.24) is 5.32 Å². The number of hydrogen-bond donors (Lipinski definition) is 1. The first-order chi connectivity index (χ1) is 10.0. The predicted molar refractivity (Wildman–Crippen MR) is 88.3 cm³/mol. The van der Waals surface area contributed by atoms with Gasteiger partial charge in [-0.1, -0.05) is 41.4 Å². The molecule has 0 saturated heterocycles. The number of halogens is 3. The van der Waals surface area contributed by atoms with E-state index in [0.29, 0.717) is 21.5 Å². The molecule has 0 aliphatic rings. The second-order valence-corrected chi connectivity index (χ2v) is 5.81. The number of amides is 1. The Labute approximate surface area is 139 Å². The largest absolute Gasteiger partial charge is 0.345 e. The van der Waals surface area contributed by atoms with E-state index in [1.165, 1.54) is 0 Å². The highest BCUT2D eigenvalue weighted by atomic mass is 35.5. The van der Waals surface area contributed by atoms with Crippen LogP contribution in [0.3, 0.4) is 0 Å². The molecule has 2 rings (SSSR count). The summed E-state index contributed by atoms with van der Waals surface area (Å²) in [6.45, 7) is 1.87.